The number of hydrogen-bond donors (Lipinski definition) is 0. The first-order valence-electron chi connectivity index (χ1n) is 25.1. The van der Waals surface area contributed by atoms with Gasteiger partial charge in [-0.3, -0.25) is 9.36 Å². The van der Waals surface area contributed by atoms with Crippen LogP contribution in [0.1, 0.15) is 232 Å². The van der Waals surface area contributed by atoms with Crippen molar-refractivity contribution in [1.82, 2.24) is 0 Å². The average Bonchev–Trinajstić information content (AvgIpc) is 3.19. The van der Waals surface area contributed by atoms with E-state index in [-0.39, 0.29) is 25.8 Å². The number of hydrogen-bond acceptors (Lipinski definition) is 7. The van der Waals surface area contributed by atoms with Crippen LogP contribution in [0.3, 0.4) is 0 Å². The number of phosphoric acid groups is 1. The largest absolute Gasteiger partial charge is 0.756 e. The maximum Gasteiger partial charge on any atom is 0.306 e. The second-order valence-corrected chi connectivity index (χ2v) is 19.6. The van der Waals surface area contributed by atoms with Crippen LogP contribution in [0.4, 0.5) is 0 Å². The maximum absolute atomic E-state index is 12.7. The maximum atomic E-state index is 12.7. The van der Waals surface area contributed by atoms with Crippen molar-refractivity contribution in [2.45, 2.75) is 238 Å². The number of esters is 1. The summed E-state index contributed by atoms with van der Waals surface area (Å²) in [5, 5.41) is 0. The van der Waals surface area contributed by atoms with Crippen LogP contribution in [0.25, 0.3) is 0 Å². The molecule has 0 aliphatic heterocycles. The average molecular weight is 856 g/mol. The molecule has 0 aromatic heterocycles. The molecule has 0 N–H and O–H groups in total. The Hall–Kier alpha value is -1.02. The van der Waals surface area contributed by atoms with Gasteiger partial charge in [0.15, 0.2) is 0 Å². The Morgan fingerprint density at radius 1 is 0.525 bits per heavy atom. The number of ether oxygens (including phenoxy) is 2. The molecule has 0 bridgehead atoms. The van der Waals surface area contributed by atoms with Gasteiger partial charge < -0.3 is 27.9 Å². The van der Waals surface area contributed by atoms with E-state index in [1.807, 2.05) is 21.1 Å². The molecule has 0 fully saturated rings. The molecule has 0 spiro atoms. The molecule has 0 saturated carbocycles. The van der Waals surface area contributed by atoms with Gasteiger partial charge in [0.25, 0.3) is 7.82 Å². The summed E-state index contributed by atoms with van der Waals surface area (Å²) < 4.78 is 34.7. The third-order valence-electron chi connectivity index (χ3n) is 11.0. The molecule has 0 aliphatic rings. The lowest BCUT2D eigenvalue weighted by atomic mass is 10.0. The third-order valence-corrected chi connectivity index (χ3v) is 12.0. The SMILES string of the molecule is CCCCCCC/C=C\C/C=C\CCCCCCCCCCCCOCC(COP(=O)([O-])OCC[N+](C)(C)C)OC(=O)CCCCCCCCCCCCCCCCC. The highest BCUT2D eigenvalue weighted by Gasteiger charge is 2.20. The predicted molar refractivity (Wildman–Crippen MR) is 250 cm³/mol. The first-order chi connectivity index (χ1) is 28.6. The lowest BCUT2D eigenvalue weighted by molar-refractivity contribution is -0.870. The van der Waals surface area contributed by atoms with E-state index in [1.165, 1.54) is 173 Å². The summed E-state index contributed by atoms with van der Waals surface area (Å²) in [5.74, 6) is -0.331. The van der Waals surface area contributed by atoms with E-state index < -0.39 is 13.9 Å². The lowest BCUT2D eigenvalue weighted by Crippen LogP contribution is -2.37. The van der Waals surface area contributed by atoms with Gasteiger partial charge in [-0.05, 0) is 44.9 Å². The molecule has 0 radical (unpaired) electrons. The number of phosphoric ester groups is 1. The molecule has 0 aromatic rings. The smallest absolute Gasteiger partial charge is 0.306 e. The molecular weight excluding hydrogens is 758 g/mol. The van der Waals surface area contributed by atoms with Gasteiger partial charge in [0.1, 0.15) is 19.3 Å². The van der Waals surface area contributed by atoms with Crippen molar-refractivity contribution in [3.8, 4) is 0 Å². The van der Waals surface area contributed by atoms with Crippen LogP contribution < -0.4 is 4.89 Å². The van der Waals surface area contributed by atoms with Crippen LogP contribution in [0.15, 0.2) is 24.3 Å². The van der Waals surface area contributed by atoms with Gasteiger partial charge in [-0.1, -0.05) is 205 Å². The monoisotopic (exact) mass is 856 g/mol. The highest BCUT2D eigenvalue weighted by molar-refractivity contribution is 7.45. The van der Waals surface area contributed by atoms with Gasteiger partial charge in [-0.15, -0.1) is 0 Å². The molecule has 9 heteroatoms. The zero-order chi connectivity index (χ0) is 43.4. The molecule has 0 rings (SSSR count). The Balaban J connectivity index is 4.12. The van der Waals surface area contributed by atoms with Crippen molar-refractivity contribution >= 4 is 13.8 Å². The summed E-state index contributed by atoms with van der Waals surface area (Å²) in [5.41, 5.74) is 0. The Morgan fingerprint density at radius 3 is 1.37 bits per heavy atom. The van der Waals surface area contributed by atoms with Gasteiger partial charge in [-0.2, -0.15) is 0 Å². The summed E-state index contributed by atoms with van der Waals surface area (Å²) in [6.45, 7) is 5.44. The second kappa shape index (κ2) is 43.6. The van der Waals surface area contributed by atoms with Crippen molar-refractivity contribution in [1.29, 1.82) is 0 Å². The first-order valence-corrected chi connectivity index (χ1v) is 26.5. The Kier molecular flexibility index (Phi) is 42.9. The number of carbonyl (C=O) groups is 1. The number of quaternary nitrogens is 1. The van der Waals surface area contributed by atoms with Crippen molar-refractivity contribution < 1.29 is 37.3 Å². The minimum absolute atomic E-state index is 0.0278. The standard InChI is InChI=1S/C50H98NO7P/c1-6-8-10-12-14-16-18-20-22-23-24-25-26-27-28-30-32-34-36-38-40-42-45-55-47-49(48-57-59(53,54)56-46-44-51(3,4)5)58-50(52)43-41-39-37-35-33-31-29-21-19-17-15-13-11-9-7-2/h18,20,23-24,49H,6-17,19,21-22,25-48H2,1-5H3/b20-18-,24-23-. The Labute approximate surface area is 366 Å². The quantitative estimate of drug-likeness (QED) is 0.0198. The molecule has 0 aromatic carbocycles. The zero-order valence-electron chi connectivity index (χ0n) is 39.7. The van der Waals surface area contributed by atoms with E-state index >= 15 is 0 Å². The van der Waals surface area contributed by atoms with Crippen molar-refractivity contribution in [2.75, 3.05) is 54.1 Å². The van der Waals surface area contributed by atoms with Crippen LogP contribution in [0, 0.1) is 0 Å². The van der Waals surface area contributed by atoms with E-state index in [4.69, 9.17) is 18.5 Å². The zero-order valence-corrected chi connectivity index (χ0v) is 40.6. The summed E-state index contributed by atoms with van der Waals surface area (Å²) in [4.78, 5) is 25.1. The number of unbranched alkanes of at least 4 members (excludes halogenated alkanes) is 29. The second-order valence-electron chi connectivity index (χ2n) is 18.2. The minimum Gasteiger partial charge on any atom is -0.756 e. The van der Waals surface area contributed by atoms with E-state index in [2.05, 4.69) is 38.2 Å². The number of rotatable bonds is 47. The minimum atomic E-state index is -4.52. The van der Waals surface area contributed by atoms with E-state index in [0.717, 1.165) is 38.5 Å². The summed E-state index contributed by atoms with van der Waals surface area (Å²) in [6.07, 6.45) is 50.5. The Bertz CT molecular complexity index is 998. The molecule has 350 valence electrons. The lowest BCUT2D eigenvalue weighted by Gasteiger charge is -2.28. The van der Waals surface area contributed by atoms with Crippen LogP contribution in [-0.2, 0) is 27.9 Å². The van der Waals surface area contributed by atoms with Crippen molar-refractivity contribution in [3.63, 3.8) is 0 Å². The highest BCUT2D eigenvalue weighted by Crippen LogP contribution is 2.38. The van der Waals surface area contributed by atoms with Gasteiger partial charge in [0, 0.05) is 13.0 Å². The van der Waals surface area contributed by atoms with Gasteiger partial charge in [-0.25, -0.2) is 0 Å². The topological polar surface area (TPSA) is 94.1 Å². The molecule has 59 heavy (non-hydrogen) atoms. The molecule has 2 unspecified atom stereocenters. The van der Waals surface area contributed by atoms with E-state index in [0.29, 0.717) is 24.1 Å². The number of nitrogens with zero attached hydrogens (tertiary/aromatic N) is 1. The van der Waals surface area contributed by atoms with Crippen molar-refractivity contribution in [3.05, 3.63) is 24.3 Å². The van der Waals surface area contributed by atoms with Crippen LogP contribution in [-0.4, -0.2) is 70.7 Å². The predicted octanol–water partition coefficient (Wildman–Crippen LogP) is 14.5. The van der Waals surface area contributed by atoms with Crippen LogP contribution >= 0.6 is 7.82 Å². The van der Waals surface area contributed by atoms with Crippen LogP contribution in [0.5, 0.6) is 0 Å². The summed E-state index contributed by atoms with van der Waals surface area (Å²) in [6, 6.07) is 0. The van der Waals surface area contributed by atoms with Crippen molar-refractivity contribution in [2.24, 2.45) is 0 Å². The fourth-order valence-corrected chi connectivity index (χ4v) is 7.84. The van der Waals surface area contributed by atoms with E-state index in [9.17, 15) is 14.3 Å². The molecule has 0 amide bonds. The fourth-order valence-electron chi connectivity index (χ4n) is 7.11. The summed E-state index contributed by atoms with van der Waals surface area (Å²) in [7, 11) is 1.36. The normalized spacial score (nSPS) is 13.8. The van der Waals surface area contributed by atoms with Gasteiger partial charge >= 0.3 is 5.97 Å². The first kappa shape index (κ1) is 58.0. The highest BCUT2D eigenvalue weighted by atomic mass is 31.2. The summed E-state index contributed by atoms with van der Waals surface area (Å²) >= 11 is 0. The molecule has 0 saturated heterocycles. The molecule has 0 heterocycles. The molecule has 0 aliphatic carbocycles. The Morgan fingerprint density at radius 2 is 0.932 bits per heavy atom. The number of carbonyl (C=O) groups excluding carboxylic acids is 1. The molecule has 2 atom stereocenters. The number of likely N-dealkylation sites (N-methyl/N-ethyl adjacent to an activating group) is 1. The van der Waals surface area contributed by atoms with Gasteiger partial charge in [0.05, 0.1) is 34.4 Å². The van der Waals surface area contributed by atoms with E-state index in [1.54, 1.807) is 0 Å². The number of allylic oxidation sites excluding steroid dienone is 4. The molecular formula is C50H98NO7P. The van der Waals surface area contributed by atoms with Gasteiger partial charge in [0.2, 0.25) is 0 Å². The fraction of sp³-hybridized carbons (Fsp3) is 0.900. The third kappa shape index (κ3) is 47.9. The van der Waals surface area contributed by atoms with Crippen LogP contribution in [0.2, 0.25) is 0 Å². The molecule has 8 nitrogen and oxygen atoms in total.